The number of carboxylic acid groups (broad SMARTS) is 1. The third-order valence-electron chi connectivity index (χ3n) is 1.19. The van der Waals surface area contributed by atoms with Gasteiger partial charge in [-0.25, -0.2) is 9.13 Å². The fourth-order valence-corrected chi connectivity index (χ4v) is 0.689. The van der Waals surface area contributed by atoms with Crippen molar-refractivity contribution in [2.45, 2.75) is 13.5 Å². The highest BCUT2D eigenvalue weighted by atomic mass is 16.3. The van der Waals surface area contributed by atoms with E-state index >= 15 is 0 Å². The SMILES string of the molecule is CCn1cc[n+](C)c1.O=C[O-]. The van der Waals surface area contributed by atoms with Gasteiger partial charge in [0.15, 0.2) is 0 Å². The maximum Gasteiger partial charge on any atom is 0.243 e. The molecule has 1 heterocycles. The predicted molar refractivity (Wildman–Crippen MR) is 37.3 cm³/mol. The molecule has 0 saturated heterocycles. The zero-order chi connectivity index (χ0) is 8.69. The van der Waals surface area contributed by atoms with Crippen molar-refractivity contribution in [3.05, 3.63) is 18.7 Å². The summed E-state index contributed by atoms with van der Waals surface area (Å²) in [5.74, 6) is 0. The van der Waals surface area contributed by atoms with E-state index in [0.717, 1.165) is 6.54 Å². The molecule has 4 nitrogen and oxygen atoms in total. The maximum atomic E-state index is 8.25. The highest BCUT2D eigenvalue weighted by Crippen LogP contribution is 1.79. The Labute approximate surface area is 65.7 Å². The van der Waals surface area contributed by atoms with Crippen LogP contribution in [0.5, 0.6) is 0 Å². The summed E-state index contributed by atoms with van der Waals surface area (Å²) in [4.78, 5) is 8.25. The third-order valence-corrected chi connectivity index (χ3v) is 1.19. The normalized spacial score (nSPS) is 8.18. The highest BCUT2D eigenvalue weighted by Gasteiger charge is 1.92. The van der Waals surface area contributed by atoms with E-state index in [-0.39, 0.29) is 0 Å². The summed E-state index contributed by atoms with van der Waals surface area (Å²) in [6, 6.07) is 0. The van der Waals surface area contributed by atoms with Crippen molar-refractivity contribution in [1.29, 1.82) is 0 Å². The maximum absolute atomic E-state index is 8.25. The quantitative estimate of drug-likeness (QED) is 0.375. The first-order chi connectivity index (χ1) is 5.24. The van der Waals surface area contributed by atoms with E-state index < -0.39 is 6.47 Å². The summed E-state index contributed by atoms with van der Waals surface area (Å²) in [6.45, 7) is 2.68. The molecule has 0 unspecified atom stereocenters. The molecular weight excluding hydrogens is 144 g/mol. The Kier molecular flexibility index (Phi) is 4.81. The first kappa shape index (κ1) is 9.68. The van der Waals surface area contributed by atoms with E-state index in [9.17, 15) is 0 Å². The van der Waals surface area contributed by atoms with Gasteiger partial charge in [-0.3, -0.25) is 0 Å². The van der Waals surface area contributed by atoms with Crippen LogP contribution in [-0.4, -0.2) is 11.0 Å². The molecule has 0 aliphatic carbocycles. The summed E-state index contributed by atoms with van der Waals surface area (Å²) in [5, 5.41) is 8.25. The van der Waals surface area contributed by atoms with Gasteiger partial charge >= 0.3 is 0 Å². The van der Waals surface area contributed by atoms with Crippen molar-refractivity contribution in [2.24, 2.45) is 7.05 Å². The minimum absolute atomic E-state index is 0.500. The molecule has 0 fully saturated rings. The zero-order valence-electron chi connectivity index (χ0n) is 6.73. The van der Waals surface area contributed by atoms with Gasteiger partial charge < -0.3 is 9.90 Å². The summed E-state index contributed by atoms with van der Waals surface area (Å²) in [5.41, 5.74) is 0. The molecule has 11 heavy (non-hydrogen) atoms. The van der Waals surface area contributed by atoms with Gasteiger partial charge in [0.25, 0.3) is 0 Å². The molecule has 0 N–H and O–H groups in total. The Hall–Kier alpha value is -1.32. The van der Waals surface area contributed by atoms with Crippen LogP contribution in [0.15, 0.2) is 18.7 Å². The number of carbonyl (C=O) groups is 1. The van der Waals surface area contributed by atoms with Crippen LogP contribution in [0.1, 0.15) is 6.92 Å². The molecule has 1 aromatic rings. The summed E-state index contributed by atoms with van der Waals surface area (Å²) >= 11 is 0. The lowest BCUT2D eigenvalue weighted by Crippen LogP contribution is -2.23. The minimum Gasteiger partial charge on any atom is -0.554 e. The molecule has 0 amide bonds. The number of imidazole rings is 1. The predicted octanol–water partition coefficient (Wildman–Crippen LogP) is -1.30. The molecule has 0 saturated carbocycles. The Morgan fingerprint density at radius 2 is 2.27 bits per heavy atom. The van der Waals surface area contributed by atoms with Crippen LogP contribution in [-0.2, 0) is 18.4 Å². The van der Waals surface area contributed by atoms with Gasteiger partial charge in [0.2, 0.25) is 6.33 Å². The van der Waals surface area contributed by atoms with E-state index in [4.69, 9.17) is 9.90 Å². The zero-order valence-corrected chi connectivity index (χ0v) is 6.73. The molecule has 0 aliphatic rings. The van der Waals surface area contributed by atoms with Crippen molar-refractivity contribution in [3.8, 4) is 0 Å². The van der Waals surface area contributed by atoms with Crippen LogP contribution in [0.2, 0.25) is 0 Å². The molecule has 62 valence electrons. The summed E-state index contributed by atoms with van der Waals surface area (Å²) < 4.78 is 4.16. The van der Waals surface area contributed by atoms with E-state index in [2.05, 4.69) is 24.0 Å². The van der Waals surface area contributed by atoms with E-state index in [1.165, 1.54) is 0 Å². The second kappa shape index (κ2) is 5.46. The van der Waals surface area contributed by atoms with Gasteiger partial charge in [0, 0.05) is 6.47 Å². The van der Waals surface area contributed by atoms with Gasteiger partial charge in [-0.05, 0) is 6.92 Å². The molecule has 4 heteroatoms. The van der Waals surface area contributed by atoms with Crippen molar-refractivity contribution >= 4 is 6.47 Å². The van der Waals surface area contributed by atoms with E-state index in [1.807, 2.05) is 17.8 Å². The Morgan fingerprint density at radius 3 is 2.45 bits per heavy atom. The lowest BCUT2D eigenvalue weighted by Gasteiger charge is -1.81. The Bertz CT molecular complexity index is 208. The molecule has 0 spiro atoms. The van der Waals surface area contributed by atoms with E-state index in [1.54, 1.807) is 0 Å². The Balaban J connectivity index is 0.000000292. The monoisotopic (exact) mass is 156 g/mol. The number of aryl methyl sites for hydroxylation is 2. The summed E-state index contributed by atoms with van der Waals surface area (Å²) in [7, 11) is 2.02. The molecule has 0 radical (unpaired) electrons. The second-order valence-corrected chi connectivity index (χ2v) is 2.01. The molecule has 0 aliphatic heterocycles. The molecule has 1 aromatic heterocycles. The number of carbonyl (C=O) groups excluding carboxylic acids is 1. The van der Waals surface area contributed by atoms with E-state index in [0.29, 0.717) is 0 Å². The molecular formula is C7H12N2O2. The van der Waals surface area contributed by atoms with Crippen LogP contribution in [0.25, 0.3) is 0 Å². The largest absolute Gasteiger partial charge is 0.554 e. The fraction of sp³-hybridized carbons (Fsp3) is 0.429. The Morgan fingerprint density at radius 1 is 1.73 bits per heavy atom. The minimum atomic E-state index is -0.500. The van der Waals surface area contributed by atoms with Crippen molar-refractivity contribution < 1.29 is 14.5 Å². The number of rotatable bonds is 1. The van der Waals surface area contributed by atoms with Crippen molar-refractivity contribution in [2.75, 3.05) is 0 Å². The second-order valence-electron chi connectivity index (χ2n) is 2.01. The third kappa shape index (κ3) is 4.13. The van der Waals surface area contributed by atoms with Gasteiger partial charge in [-0.1, -0.05) is 0 Å². The van der Waals surface area contributed by atoms with Gasteiger partial charge in [-0.2, -0.15) is 0 Å². The molecule has 0 atom stereocenters. The van der Waals surface area contributed by atoms with Crippen LogP contribution >= 0.6 is 0 Å². The number of hydrogen-bond acceptors (Lipinski definition) is 2. The van der Waals surface area contributed by atoms with Crippen molar-refractivity contribution in [1.82, 2.24) is 4.57 Å². The van der Waals surface area contributed by atoms with Gasteiger partial charge in [0.1, 0.15) is 12.4 Å². The van der Waals surface area contributed by atoms with Crippen LogP contribution in [0.3, 0.4) is 0 Å². The standard InChI is InChI=1S/C6H11N2.CH2O2/c1-3-8-5-4-7(2)6-8;2-1-3/h4-6H,3H2,1-2H3;1H,(H,2,3)/q+1;/p-1. The first-order valence-corrected chi connectivity index (χ1v) is 3.31. The molecule has 0 aromatic carbocycles. The lowest BCUT2D eigenvalue weighted by molar-refractivity contribution is -0.671. The summed E-state index contributed by atoms with van der Waals surface area (Å²) in [6.07, 6.45) is 6.14. The first-order valence-electron chi connectivity index (χ1n) is 3.31. The van der Waals surface area contributed by atoms with Crippen LogP contribution in [0.4, 0.5) is 0 Å². The average Bonchev–Trinajstić information content (AvgIpc) is 2.37. The smallest absolute Gasteiger partial charge is 0.243 e. The average molecular weight is 156 g/mol. The molecule has 1 rings (SSSR count). The van der Waals surface area contributed by atoms with Crippen LogP contribution in [0, 0.1) is 0 Å². The molecule has 0 bridgehead atoms. The fourth-order valence-electron chi connectivity index (χ4n) is 0.689. The van der Waals surface area contributed by atoms with Gasteiger partial charge in [0.05, 0.1) is 13.6 Å². The highest BCUT2D eigenvalue weighted by molar-refractivity contribution is 5.29. The number of hydrogen-bond donors (Lipinski definition) is 0. The van der Waals surface area contributed by atoms with Crippen LogP contribution < -0.4 is 9.67 Å². The lowest BCUT2D eigenvalue weighted by atomic mass is 10.7. The number of aromatic nitrogens is 2. The number of nitrogens with zero attached hydrogens (tertiary/aromatic N) is 2. The topological polar surface area (TPSA) is 48.9 Å². The van der Waals surface area contributed by atoms with Crippen molar-refractivity contribution in [3.63, 3.8) is 0 Å². The van der Waals surface area contributed by atoms with Gasteiger partial charge in [-0.15, -0.1) is 0 Å².